The molecule has 0 amide bonds. The van der Waals surface area contributed by atoms with Crippen LogP contribution in [-0.4, -0.2) is 31.3 Å². The van der Waals surface area contributed by atoms with E-state index in [1.165, 1.54) is 0 Å². The van der Waals surface area contributed by atoms with Crippen molar-refractivity contribution >= 4 is 11.9 Å². The maximum atomic E-state index is 12.3. The fourth-order valence-corrected chi connectivity index (χ4v) is 5.10. The van der Waals surface area contributed by atoms with Gasteiger partial charge >= 0.3 is 11.9 Å². The SMILES string of the molecule is CCCOc1ccc(C(=O)OOC2=CCC(C3CCC(OOC(=O)c4ccc(OCCC)cc4)CC3)CC2)cc1. The molecule has 1 saturated carbocycles. The highest BCUT2D eigenvalue weighted by atomic mass is 17.2. The van der Waals surface area contributed by atoms with E-state index in [0.29, 0.717) is 41.9 Å². The van der Waals surface area contributed by atoms with Gasteiger partial charge in [-0.25, -0.2) is 14.5 Å². The molecule has 0 aliphatic heterocycles. The molecule has 2 aromatic rings. The van der Waals surface area contributed by atoms with Crippen LogP contribution in [0.3, 0.4) is 0 Å². The van der Waals surface area contributed by atoms with Crippen LogP contribution in [0.4, 0.5) is 0 Å². The Labute approximate surface area is 236 Å². The summed E-state index contributed by atoms with van der Waals surface area (Å²) in [6.07, 6.45) is 10.1. The van der Waals surface area contributed by atoms with Crippen molar-refractivity contribution in [3.05, 3.63) is 71.5 Å². The van der Waals surface area contributed by atoms with Crippen molar-refractivity contribution in [2.75, 3.05) is 13.2 Å². The second-order valence-electron chi connectivity index (χ2n) is 10.4. The van der Waals surface area contributed by atoms with Crippen LogP contribution in [0.15, 0.2) is 60.4 Å². The van der Waals surface area contributed by atoms with Crippen LogP contribution >= 0.6 is 0 Å². The van der Waals surface area contributed by atoms with E-state index < -0.39 is 11.9 Å². The molecule has 0 aromatic heterocycles. The molecule has 0 radical (unpaired) electrons. The molecule has 8 nitrogen and oxygen atoms in total. The zero-order valence-electron chi connectivity index (χ0n) is 23.5. The number of benzene rings is 2. The lowest BCUT2D eigenvalue weighted by molar-refractivity contribution is -0.281. The first kappa shape index (κ1) is 29.5. The highest BCUT2D eigenvalue weighted by Gasteiger charge is 2.30. The molecule has 2 aromatic carbocycles. The van der Waals surface area contributed by atoms with Gasteiger partial charge in [-0.3, -0.25) is 9.78 Å². The molecule has 0 heterocycles. The van der Waals surface area contributed by atoms with E-state index in [9.17, 15) is 9.59 Å². The van der Waals surface area contributed by atoms with Gasteiger partial charge in [0.1, 0.15) is 17.6 Å². The molecule has 1 fully saturated rings. The van der Waals surface area contributed by atoms with Gasteiger partial charge in [-0.1, -0.05) is 13.8 Å². The largest absolute Gasteiger partial charge is 0.494 e. The molecule has 1 unspecified atom stereocenters. The average molecular weight is 553 g/mol. The monoisotopic (exact) mass is 552 g/mol. The van der Waals surface area contributed by atoms with Gasteiger partial charge in [-0.2, -0.15) is 4.89 Å². The zero-order valence-corrected chi connectivity index (χ0v) is 23.5. The molecule has 2 aliphatic carbocycles. The van der Waals surface area contributed by atoms with Gasteiger partial charge in [-0.15, -0.1) is 0 Å². The van der Waals surface area contributed by atoms with Gasteiger partial charge in [0.25, 0.3) is 0 Å². The zero-order chi connectivity index (χ0) is 28.2. The van der Waals surface area contributed by atoms with E-state index in [-0.39, 0.29) is 6.10 Å². The molecule has 1 atom stereocenters. The van der Waals surface area contributed by atoms with Crippen LogP contribution in [-0.2, 0) is 19.6 Å². The minimum absolute atomic E-state index is 0.0860. The quantitative estimate of drug-likeness (QED) is 0.188. The van der Waals surface area contributed by atoms with E-state index in [4.69, 9.17) is 29.0 Å². The summed E-state index contributed by atoms with van der Waals surface area (Å²) in [5, 5.41) is 0. The number of allylic oxidation sites excluding steroid dienone is 2. The Morgan fingerprint density at radius 1 is 0.700 bits per heavy atom. The van der Waals surface area contributed by atoms with Crippen molar-refractivity contribution in [3.8, 4) is 11.5 Å². The summed E-state index contributed by atoms with van der Waals surface area (Å²) in [6, 6.07) is 13.7. The maximum Gasteiger partial charge on any atom is 0.386 e. The number of carbonyl (C=O) groups is 2. The normalized spacial score (nSPS) is 20.6. The Kier molecular flexibility index (Phi) is 11.3. The van der Waals surface area contributed by atoms with E-state index in [2.05, 4.69) is 0 Å². The first-order valence-electron chi connectivity index (χ1n) is 14.5. The van der Waals surface area contributed by atoms with Gasteiger partial charge in [0.2, 0.25) is 0 Å². The molecule has 0 saturated heterocycles. The summed E-state index contributed by atoms with van der Waals surface area (Å²) in [6.45, 7) is 5.36. The predicted molar refractivity (Wildman–Crippen MR) is 149 cm³/mol. The smallest absolute Gasteiger partial charge is 0.386 e. The van der Waals surface area contributed by atoms with Crippen LogP contribution in [0.25, 0.3) is 0 Å². The molecule has 216 valence electrons. The van der Waals surface area contributed by atoms with Crippen molar-refractivity contribution < 1.29 is 38.6 Å². The lowest BCUT2D eigenvalue weighted by Gasteiger charge is -2.34. The third kappa shape index (κ3) is 8.74. The van der Waals surface area contributed by atoms with Crippen molar-refractivity contribution in [3.63, 3.8) is 0 Å². The molecular weight excluding hydrogens is 512 g/mol. The summed E-state index contributed by atoms with van der Waals surface area (Å²) in [4.78, 5) is 45.7. The lowest BCUT2D eigenvalue weighted by Crippen LogP contribution is -2.28. The van der Waals surface area contributed by atoms with Crippen LogP contribution in [0, 0.1) is 11.8 Å². The number of hydrogen-bond donors (Lipinski definition) is 0. The number of ether oxygens (including phenoxy) is 2. The molecular formula is C32H40O8. The predicted octanol–water partition coefficient (Wildman–Crippen LogP) is 7.38. The van der Waals surface area contributed by atoms with E-state index in [1.807, 2.05) is 19.9 Å². The Morgan fingerprint density at radius 2 is 1.25 bits per heavy atom. The fourth-order valence-electron chi connectivity index (χ4n) is 5.10. The minimum Gasteiger partial charge on any atom is -0.494 e. The van der Waals surface area contributed by atoms with Crippen LogP contribution < -0.4 is 9.47 Å². The van der Waals surface area contributed by atoms with E-state index >= 15 is 0 Å². The maximum absolute atomic E-state index is 12.3. The van der Waals surface area contributed by atoms with E-state index in [0.717, 1.165) is 69.3 Å². The number of carbonyl (C=O) groups excluding carboxylic acids is 2. The van der Waals surface area contributed by atoms with Crippen molar-refractivity contribution in [2.45, 2.75) is 77.7 Å². The average Bonchev–Trinajstić information content (AvgIpc) is 3.01. The molecule has 0 spiro atoms. The Hall–Kier alpha value is -3.52. The van der Waals surface area contributed by atoms with E-state index in [1.54, 1.807) is 48.5 Å². The van der Waals surface area contributed by atoms with Crippen LogP contribution in [0.2, 0.25) is 0 Å². The van der Waals surface area contributed by atoms with Gasteiger partial charge in [0, 0.05) is 6.42 Å². The van der Waals surface area contributed by atoms with Crippen molar-refractivity contribution in [1.29, 1.82) is 0 Å². The van der Waals surface area contributed by atoms with Crippen molar-refractivity contribution in [1.82, 2.24) is 0 Å². The molecule has 4 rings (SSSR count). The van der Waals surface area contributed by atoms with Crippen molar-refractivity contribution in [2.24, 2.45) is 11.8 Å². The summed E-state index contributed by atoms with van der Waals surface area (Å²) in [7, 11) is 0. The topological polar surface area (TPSA) is 89.5 Å². The van der Waals surface area contributed by atoms with Gasteiger partial charge in [0.05, 0.1) is 24.3 Å². The highest BCUT2D eigenvalue weighted by molar-refractivity contribution is 5.89. The summed E-state index contributed by atoms with van der Waals surface area (Å²) < 4.78 is 11.1. The fraction of sp³-hybridized carbons (Fsp3) is 0.500. The lowest BCUT2D eigenvalue weighted by atomic mass is 9.74. The molecule has 8 heteroatoms. The second kappa shape index (κ2) is 15.3. The standard InChI is InChI=1S/C32H40O8/c1-3-21-35-27-13-9-25(10-14-27)31(33)39-37-29-17-5-23(6-18-29)24-7-19-30(20-8-24)38-40-32(34)26-11-15-28(16-12-26)36-22-4-2/h9-17,23-24,30H,3-8,18-22H2,1-2H3. The number of rotatable bonds is 13. The summed E-state index contributed by atoms with van der Waals surface area (Å²) in [5.41, 5.74) is 0.850. The molecule has 0 bridgehead atoms. The summed E-state index contributed by atoms with van der Waals surface area (Å²) in [5.74, 6) is 2.27. The highest BCUT2D eigenvalue weighted by Crippen LogP contribution is 2.39. The first-order chi connectivity index (χ1) is 19.6. The minimum atomic E-state index is -0.526. The van der Waals surface area contributed by atoms with Gasteiger partial charge in [0.15, 0.2) is 5.76 Å². The van der Waals surface area contributed by atoms with Gasteiger partial charge < -0.3 is 9.47 Å². The third-order valence-electron chi connectivity index (χ3n) is 7.41. The Balaban J connectivity index is 1.13. The molecule has 40 heavy (non-hydrogen) atoms. The number of hydrogen-bond acceptors (Lipinski definition) is 8. The molecule has 2 aliphatic rings. The summed E-state index contributed by atoms with van der Waals surface area (Å²) >= 11 is 0. The van der Waals surface area contributed by atoms with Crippen LogP contribution in [0.5, 0.6) is 11.5 Å². The third-order valence-corrected chi connectivity index (χ3v) is 7.41. The Morgan fingerprint density at radius 3 is 1.75 bits per heavy atom. The van der Waals surface area contributed by atoms with Crippen LogP contribution in [0.1, 0.15) is 92.4 Å². The first-order valence-corrected chi connectivity index (χ1v) is 14.5. The molecule has 0 N–H and O–H groups in total. The van der Waals surface area contributed by atoms with Gasteiger partial charge in [-0.05, 0) is 118 Å². The Bertz CT molecular complexity index is 1100. The second-order valence-corrected chi connectivity index (χ2v) is 10.4.